The molecule has 3 heteroatoms. The molecule has 1 aliphatic carbocycles. The first-order valence-electron chi connectivity index (χ1n) is 6.87. The number of fused-ring (bicyclic) bond motifs is 1. The van der Waals surface area contributed by atoms with Crippen molar-refractivity contribution in [2.75, 3.05) is 0 Å². The van der Waals surface area contributed by atoms with Crippen LogP contribution in [0.1, 0.15) is 43.4 Å². The Morgan fingerprint density at radius 3 is 3.00 bits per heavy atom. The maximum absolute atomic E-state index is 4.89. The van der Waals surface area contributed by atoms with Crippen molar-refractivity contribution < 1.29 is 0 Å². The molecular weight excluding hydrogens is 222 g/mol. The molecule has 0 saturated heterocycles. The van der Waals surface area contributed by atoms with Crippen LogP contribution >= 0.6 is 0 Å². The third kappa shape index (κ3) is 2.45. The average Bonchev–Trinajstić information content (AvgIpc) is 2.63. The Labute approximate surface area is 108 Å². The van der Waals surface area contributed by atoms with Gasteiger partial charge >= 0.3 is 0 Å². The first-order valence-corrected chi connectivity index (χ1v) is 6.87. The predicted molar refractivity (Wildman–Crippen MR) is 73.6 cm³/mol. The van der Waals surface area contributed by atoms with E-state index in [9.17, 15) is 0 Å². The summed E-state index contributed by atoms with van der Waals surface area (Å²) in [4.78, 5) is 9.38. The van der Waals surface area contributed by atoms with Crippen molar-refractivity contribution in [3.05, 3.63) is 41.9 Å². The third-order valence-electron chi connectivity index (χ3n) is 3.68. The molecule has 0 radical (unpaired) electrons. The van der Waals surface area contributed by atoms with Crippen LogP contribution in [-0.2, 0) is 6.42 Å². The zero-order valence-electron chi connectivity index (χ0n) is 10.6. The van der Waals surface area contributed by atoms with Crippen LogP contribution < -0.4 is 5.32 Å². The van der Waals surface area contributed by atoms with E-state index in [2.05, 4.69) is 22.4 Å². The molecule has 0 unspecified atom stereocenters. The number of nitrogens with one attached hydrogen (secondary N) is 1. The number of aromatic nitrogens is 1. The second kappa shape index (κ2) is 5.34. The molecule has 1 aromatic rings. The van der Waals surface area contributed by atoms with E-state index in [1.807, 2.05) is 18.5 Å². The molecule has 0 bridgehead atoms. The van der Waals surface area contributed by atoms with Gasteiger partial charge in [0.25, 0.3) is 0 Å². The Hall–Kier alpha value is -1.64. The van der Waals surface area contributed by atoms with Crippen molar-refractivity contribution in [1.82, 2.24) is 10.3 Å². The topological polar surface area (TPSA) is 37.3 Å². The summed E-state index contributed by atoms with van der Waals surface area (Å²) in [5.74, 6) is 0.950. The number of hydrogen-bond donors (Lipinski definition) is 1. The fourth-order valence-electron chi connectivity index (χ4n) is 2.70. The fourth-order valence-corrected chi connectivity index (χ4v) is 2.70. The molecule has 1 saturated carbocycles. The molecule has 1 N–H and O–H groups in total. The molecule has 0 atom stereocenters. The van der Waals surface area contributed by atoms with E-state index in [4.69, 9.17) is 4.99 Å². The van der Waals surface area contributed by atoms with Gasteiger partial charge < -0.3 is 5.32 Å². The van der Waals surface area contributed by atoms with E-state index in [0.29, 0.717) is 6.04 Å². The van der Waals surface area contributed by atoms with Gasteiger partial charge in [-0.15, -0.1) is 0 Å². The van der Waals surface area contributed by atoms with Gasteiger partial charge in [0.1, 0.15) is 5.69 Å². The van der Waals surface area contributed by atoms with Crippen LogP contribution in [0.15, 0.2) is 35.6 Å². The van der Waals surface area contributed by atoms with E-state index in [-0.39, 0.29) is 0 Å². The molecule has 3 rings (SSSR count). The Bertz CT molecular complexity index is 470. The summed E-state index contributed by atoms with van der Waals surface area (Å²) in [5.41, 5.74) is 2.28. The Morgan fingerprint density at radius 1 is 1.22 bits per heavy atom. The van der Waals surface area contributed by atoms with Crippen LogP contribution in [0.2, 0.25) is 0 Å². The van der Waals surface area contributed by atoms with Crippen LogP contribution in [0.3, 0.4) is 0 Å². The first-order chi connectivity index (χ1) is 8.93. The molecule has 0 amide bonds. The van der Waals surface area contributed by atoms with Gasteiger partial charge in [0.2, 0.25) is 0 Å². The summed E-state index contributed by atoms with van der Waals surface area (Å²) in [6.07, 6.45) is 13.3. The third-order valence-corrected chi connectivity index (χ3v) is 3.68. The Balaban J connectivity index is 1.91. The quantitative estimate of drug-likeness (QED) is 0.821. The fraction of sp³-hybridized carbons (Fsp3) is 0.467. The van der Waals surface area contributed by atoms with Crippen LogP contribution in [-0.4, -0.2) is 16.9 Å². The lowest BCUT2D eigenvalue weighted by molar-refractivity contribution is 0.443. The molecule has 3 nitrogen and oxygen atoms in total. The van der Waals surface area contributed by atoms with Crippen LogP contribution in [0.4, 0.5) is 0 Å². The van der Waals surface area contributed by atoms with Crippen molar-refractivity contribution in [3.63, 3.8) is 0 Å². The molecule has 1 aromatic heterocycles. The van der Waals surface area contributed by atoms with Gasteiger partial charge in [-0.2, -0.15) is 0 Å². The molecule has 0 spiro atoms. The number of allylic oxidation sites excluding steroid dienone is 1. The van der Waals surface area contributed by atoms with Gasteiger partial charge in [-0.05, 0) is 37.1 Å². The van der Waals surface area contributed by atoms with Crippen molar-refractivity contribution in [2.24, 2.45) is 4.99 Å². The van der Waals surface area contributed by atoms with Gasteiger partial charge in [-0.3, -0.25) is 9.98 Å². The van der Waals surface area contributed by atoms with E-state index in [1.54, 1.807) is 0 Å². The molecular formula is C15H19N3. The predicted octanol–water partition coefficient (Wildman–Crippen LogP) is 2.82. The summed E-state index contributed by atoms with van der Waals surface area (Å²) >= 11 is 0. The molecule has 1 fully saturated rings. The van der Waals surface area contributed by atoms with Crippen molar-refractivity contribution >= 4 is 5.84 Å². The number of hydrogen-bond acceptors (Lipinski definition) is 2. The highest BCUT2D eigenvalue weighted by molar-refractivity contribution is 5.99. The highest BCUT2D eigenvalue weighted by atomic mass is 15.0. The highest BCUT2D eigenvalue weighted by Gasteiger charge is 2.16. The SMILES string of the molecule is C1=CNC(=NC2CCCCC2)c2ncccc2C1. The van der Waals surface area contributed by atoms with Gasteiger partial charge in [0.15, 0.2) is 5.84 Å². The second-order valence-corrected chi connectivity index (χ2v) is 5.03. The first kappa shape index (κ1) is 11.5. The lowest BCUT2D eigenvalue weighted by Gasteiger charge is -2.19. The number of nitrogens with zero attached hydrogens (tertiary/aromatic N) is 2. The number of aliphatic imine (C=N–C) groups is 1. The zero-order chi connectivity index (χ0) is 12.2. The standard InChI is InChI=1S/C15H19N3/c1-2-8-13(9-3-1)18-15-14-12(6-4-10-16-14)7-5-11-17-15/h4-6,10-11,13H,1-3,7-9H2,(H,17,18). The van der Waals surface area contributed by atoms with E-state index in [1.165, 1.54) is 37.7 Å². The number of rotatable bonds is 1. The average molecular weight is 241 g/mol. The largest absolute Gasteiger partial charge is 0.345 e. The minimum absolute atomic E-state index is 0.475. The Kier molecular flexibility index (Phi) is 3.40. The smallest absolute Gasteiger partial charge is 0.151 e. The second-order valence-electron chi connectivity index (χ2n) is 5.03. The van der Waals surface area contributed by atoms with Gasteiger partial charge in [0, 0.05) is 6.20 Å². The summed E-state index contributed by atoms with van der Waals surface area (Å²) in [6, 6.07) is 4.61. The molecule has 1 aliphatic heterocycles. The minimum Gasteiger partial charge on any atom is -0.345 e. The highest BCUT2D eigenvalue weighted by Crippen LogP contribution is 2.21. The zero-order valence-corrected chi connectivity index (χ0v) is 10.6. The summed E-state index contributed by atoms with van der Waals surface area (Å²) in [7, 11) is 0. The molecule has 18 heavy (non-hydrogen) atoms. The number of amidine groups is 1. The molecule has 0 aromatic carbocycles. The summed E-state index contributed by atoms with van der Waals surface area (Å²) < 4.78 is 0. The molecule has 94 valence electrons. The summed E-state index contributed by atoms with van der Waals surface area (Å²) in [5, 5.41) is 3.29. The normalized spacial score (nSPS) is 22.3. The van der Waals surface area contributed by atoms with Crippen molar-refractivity contribution in [2.45, 2.75) is 44.6 Å². The molecule has 2 aliphatic rings. The van der Waals surface area contributed by atoms with Crippen LogP contribution in [0.25, 0.3) is 0 Å². The van der Waals surface area contributed by atoms with Crippen LogP contribution in [0.5, 0.6) is 0 Å². The summed E-state index contributed by atoms with van der Waals surface area (Å²) in [6.45, 7) is 0. The van der Waals surface area contributed by atoms with Gasteiger partial charge in [0.05, 0.1) is 6.04 Å². The van der Waals surface area contributed by atoms with E-state index < -0.39 is 0 Å². The molecule has 2 heterocycles. The van der Waals surface area contributed by atoms with E-state index >= 15 is 0 Å². The minimum atomic E-state index is 0.475. The van der Waals surface area contributed by atoms with Crippen LogP contribution in [0, 0.1) is 0 Å². The van der Waals surface area contributed by atoms with E-state index in [0.717, 1.165) is 18.0 Å². The Morgan fingerprint density at radius 2 is 2.11 bits per heavy atom. The van der Waals surface area contributed by atoms with Gasteiger partial charge in [-0.25, -0.2) is 0 Å². The lowest BCUT2D eigenvalue weighted by Crippen LogP contribution is -2.24. The monoisotopic (exact) mass is 241 g/mol. The van der Waals surface area contributed by atoms with Crippen molar-refractivity contribution in [3.8, 4) is 0 Å². The number of pyridine rings is 1. The van der Waals surface area contributed by atoms with Gasteiger partial charge in [-0.1, -0.05) is 31.4 Å². The lowest BCUT2D eigenvalue weighted by atomic mass is 9.96. The van der Waals surface area contributed by atoms with Crippen molar-refractivity contribution in [1.29, 1.82) is 0 Å². The maximum Gasteiger partial charge on any atom is 0.151 e. The maximum atomic E-state index is 4.89.